The Morgan fingerprint density at radius 1 is 0.556 bits per heavy atom. The molecular formula is C31H28N2O2S. The molecule has 36 heavy (non-hydrogen) atoms. The molecule has 0 aliphatic carbocycles. The maximum absolute atomic E-state index is 13.1. The van der Waals surface area contributed by atoms with Gasteiger partial charge in [-0.2, -0.15) is 0 Å². The molecule has 0 spiro atoms. The molecule has 0 saturated carbocycles. The van der Waals surface area contributed by atoms with Crippen LogP contribution in [0, 0.1) is 0 Å². The Labute approximate surface area is 216 Å². The number of benzene rings is 4. The van der Waals surface area contributed by atoms with E-state index in [0.717, 1.165) is 22.3 Å². The molecule has 2 atom stereocenters. The van der Waals surface area contributed by atoms with Crippen LogP contribution in [0.1, 0.15) is 22.3 Å². The number of carbonyl (C=O) groups is 2. The van der Waals surface area contributed by atoms with Crippen LogP contribution < -0.4 is 10.6 Å². The highest BCUT2D eigenvalue weighted by Gasteiger charge is 2.40. The molecule has 0 unspecified atom stereocenters. The lowest BCUT2D eigenvalue weighted by atomic mass is 9.84. The zero-order valence-corrected chi connectivity index (χ0v) is 20.7. The molecule has 2 N–H and O–H groups in total. The first-order valence-electron chi connectivity index (χ1n) is 12.1. The van der Waals surface area contributed by atoms with Crippen molar-refractivity contribution in [2.75, 3.05) is 5.75 Å². The lowest BCUT2D eigenvalue weighted by Gasteiger charge is -2.37. The molecule has 0 aromatic heterocycles. The zero-order valence-electron chi connectivity index (χ0n) is 19.8. The van der Waals surface area contributed by atoms with Crippen molar-refractivity contribution in [3.8, 4) is 0 Å². The maximum atomic E-state index is 13.1. The van der Waals surface area contributed by atoms with E-state index in [1.165, 1.54) is 0 Å². The third-order valence-electron chi connectivity index (χ3n) is 6.56. The summed E-state index contributed by atoms with van der Waals surface area (Å²) in [6.45, 7) is 0. The highest BCUT2D eigenvalue weighted by molar-refractivity contribution is 8.00. The highest BCUT2D eigenvalue weighted by Crippen LogP contribution is 2.48. The van der Waals surface area contributed by atoms with Crippen LogP contribution in [-0.2, 0) is 20.8 Å². The van der Waals surface area contributed by atoms with Crippen molar-refractivity contribution in [1.29, 1.82) is 0 Å². The predicted octanol–water partition coefficient (Wildman–Crippen LogP) is 4.94. The first-order chi connectivity index (χ1) is 17.7. The molecule has 4 aromatic rings. The second-order valence-electron chi connectivity index (χ2n) is 8.90. The fourth-order valence-electron chi connectivity index (χ4n) is 4.76. The number of hydrogen-bond acceptors (Lipinski definition) is 3. The minimum Gasteiger partial charge on any atom is -0.342 e. The average molecular weight is 493 g/mol. The Morgan fingerprint density at radius 2 is 0.944 bits per heavy atom. The predicted molar refractivity (Wildman–Crippen MR) is 146 cm³/mol. The van der Waals surface area contributed by atoms with Crippen molar-refractivity contribution in [3.63, 3.8) is 0 Å². The van der Waals surface area contributed by atoms with Crippen molar-refractivity contribution < 1.29 is 9.59 Å². The summed E-state index contributed by atoms with van der Waals surface area (Å²) in [5.74, 6) is 0.133. The molecule has 1 saturated heterocycles. The van der Waals surface area contributed by atoms with E-state index in [1.54, 1.807) is 11.8 Å². The third kappa shape index (κ3) is 4.93. The molecular weight excluding hydrogens is 464 g/mol. The molecule has 4 aromatic carbocycles. The third-order valence-corrected chi connectivity index (χ3v) is 8.20. The standard InChI is InChI=1S/C31H28N2O2S/c34-29-27(21-23-13-5-1-6-14-23)32-30(35)28(33-29)22-36-31(24-15-7-2-8-16-24,25-17-9-3-10-18-25)26-19-11-4-12-20-26/h1-20,27-28H,21-22H2,(H,32,35)(H,33,34)/t27-,28-/m0/s1. The molecule has 2 amide bonds. The number of nitrogens with one attached hydrogen (secondary N) is 2. The molecule has 1 aliphatic rings. The van der Waals surface area contributed by atoms with Crippen molar-refractivity contribution >= 4 is 23.6 Å². The second-order valence-corrected chi connectivity index (χ2v) is 10.1. The van der Waals surface area contributed by atoms with Crippen molar-refractivity contribution in [2.45, 2.75) is 23.3 Å². The Balaban J connectivity index is 1.43. The summed E-state index contributed by atoms with van der Waals surface area (Å²) in [6.07, 6.45) is 0.472. The molecule has 0 radical (unpaired) electrons. The van der Waals surface area contributed by atoms with Gasteiger partial charge in [0.25, 0.3) is 0 Å². The quantitative estimate of drug-likeness (QED) is 0.343. The van der Waals surface area contributed by atoms with Crippen molar-refractivity contribution in [1.82, 2.24) is 10.6 Å². The fourth-order valence-corrected chi connectivity index (χ4v) is 6.32. The van der Waals surface area contributed by atoms with Gasteiger partial charge in [-0.3, -0.25) is 9.59 Å². The van der Waals surface area contributed by atoms with Gasteiger partial charge in [0.05, 0.1) is 4.75 Å². The molecule has 5 heteroatoms. The smallest absolute Gasteiger partial charge is 0.244 e. The Morgan fingerprint density at radius 3 is 1.42 bits per heavy atom. The van der Waals surface area contributed by atoms with E-state index in [9.17, 15) is 9.59 Å². The van der Waals surface area contributed by atoms with Crippen LogP contribution in [0.25, 0.3) is 0 Å². The molecule has 4 nitrogen and oxygen atoms in total. The van der Waals surface area contributed by atoms with Crippen LogP contribution in [0.4, 0.5) is 0 Å². The largest absolute Gasteiger partial charge is 0.342 e. The van der Waals surface area contributed by atoms with Gasteiger partial charge in [-0.15, -0.1) is 11.8 Å². The van der Waals surface area contributed by atoms with E-state index < -0.39 is 16.8 Å². The Kier molecular flexibility index (Phi) is 7.19. The Bertz CT molecular complexity index is 1200. The summed E-state index contributed by atoms with van der Waals surface area (Å²) in [7, 11) is 0. The van der Waals surface area contributed by atoms with Crippen LogP contribution in [0.5, 0.6) is 0 Å². The molecule has 1 heterocycles. The van der Waals surface area contributed by atoms with Crippen molar-refractivity contribution in [2.24, 2.45) is 0 Å². The fraction of sp³-hybridized carbons (Fsp3) is 0.161. The van der Waals surface area contributed by atoms with Crippen LogP contribution in [0.3, 0.4) is 0 Å². The van der Waals surface area contributed by atoms with Gasteiger partial charge in [-0.25, -0.2) is 0 Å². The summed E-state index contributed by atoms with van der Waals surface area (Å²) in [5.41, 5.74) is 4.38. The summed E-state index contributed by atoms with van der Waals surface area (Å²) in [5, 5.41) is 5.95. The van der Waals surface area contributed by atoms with E-state index in [4.69, 9.17) is 0 Å². The van der Waals surface area contributed by atoms with Crippen LogP contribution in [-0.4, -0.2) is 29.7 Å². The lowest BCUT2D eigenvalue weighted by Crippen LogP contribution is -2.63. The van der Waals surface area contributed by atoms with E-state index in [1.807, 2.05) is 84.9 Å². The molecule has 5 rings (SSSR count). The molecule has 1 aliphatic heterocycles. The molecule has 0 bridgehead atoms. The van der Waals surface area contributed by atoms with Gasteiger partial charge < -0.3 is 10.6 Å². The van der Waals surface area contributed by atoms with Gasteiger partial charge in [0, 0.05) is 12.2 Å². The second kappa shape index (κ2) is 10.8. The zero-order chi connectivity index (χ0) is 24.8. The summed E-state index contributed by atoms with van der Waals surface area (Å²) < 4.78 is -0.546. The van der Waals surface area contributed by atoms with Gasteiger partial charge in [0.1, 0.15) is 12.1 Å². The summed E-state index contributed by atoms with van der Waals surface area (Å²) in [6, 6.07) is 39.6. The number of piperazine rings is 1. The average Bonchev–Trinajstić information content (AvgIpc) is 2.94. The first-order valence-corrected chi connectivity index (χ1v) is 13.1. The van der Waals surface area contributed by atoms with E-state index in [2.05, 4.69) is 47.0 Å². The minimum atomic E-state index is -0.620. The number of amides is 2. The number of thioether (sulfide) groups is 1. The highest BCUT2D eigenvalue weighted by atomic mass is 32.2. The normalized spacial score (nSPS) is 17.8. The molecule has 1 fully saturated rings. The van der Waals surface area contributed by atoms with Crippen LogP contribution in [0.15, 0.2) is 121 Å². The van der Waals surface area contributed by atoms with Crippen molar-refractivity contribution in [3.05, 3.63) is 144 Å². The summed E-state index contributed by atoms with van der Waals surface area (Å²) in [4.78, 5) is 26.1. The maximum Gasteiger partial charge on any atom is 0.244 e. The number of carbonyl (C=O) groups excluding carboxylic acids is 2. The lowest BCUT2D eigenvalue weighted by molar-refractivity contribution is -0.136. The SMILES string of the molecule is O=C1N[C@@H](Cc2ccccc2)C(=O)N[C@H]1CSC(c1ccccc1)(c1ccccc1)c1ccccc1. The monoisotopic (exact) mass is 492 g/mol. The van der Waals surface area contributed by atoms with Gasteiger partial charge in [0.2, 0.25) is 11.8 Å². The van der Waals surface area contributed by atoms with Gasteiger partial charge in [-0.1, -0.05) is 121 Å². The van der Waals surface area contributed by atoms with Crippen LogP contribution in [0.2, 0.25) is 0 Å². The van der Waals surface area contributed by atoms with E-state index in [0.29, 0.717) is 12.2 Å². The van der Waals surface area contributed by atoms with E-state index >= 15 is 0 Å². The van der Waals surface area contributed by atoms with Crippen LogP contribution >= 0.6 is 11.8 Å². The molecule has 180 valence electrons. The number of hydrogen-bond donors (Lipinski definition) is 2. The number of rotatable bonds is 8. The first kappa shape index (κ1) is 23.9. The van der Waals surface area contributed by atoms with Gasteiger partial charge >= 0.3 is 0 Å². The Hall–Kier alpha value is -3.83. The summed E-state index contributed by atoms with van der Waals surface area (Å²) >= 11 is 1.67. The topological polar surface area (TPSA) is 58.2 Å². The van der Waals surface area contributed by atoms with Gasteiger partial charge in [0.15, 0.2) is 0 Å². The minimum absolute atomic E-state index is 0.145. The van der Waals surface area contributed by atoms with E-state index in [-0.39, 0.29) is 11.8 Å². The van der Waals surface area contributed by atoms with Gasteiger partial charge in [-0.05, 0) is 22.3 Å².